The van der Waals surface area contributed by atoms with Crippen LogP contribution in [0.1, 0.15) is 28.1 Å². The monoisotopic (exact) mass is 322 g/mol. The molecule has 22 heavy (non-hydrogen) atoms. The van der Waals surface area contributed by atoms with E-state index in [0.717, 1.165) is 18.4 Å². The van der Waals surface area contributed by atoms with Crippen molar-refractivity contribution < 1.29 is 19.1 Å². The highest BCUT2D eigenvalue weighted by atomic mass is 32.1. The molecule has 0 atom stereocenters. The van der Waals surface area contributed by atoms with Gasteiger partial charge in [0.1, 0.15) is 0 Å². The van der Waals surface area contributed by atoms with Crippen molar-refractivity contribution in [3.05, 3.63) is 28.7 Å². The summed E-state index contributed by atoms with van der Waals surface area (Å²) in [5, 5.41) is 6.20. The third kappa shape index (κ3) is 4.42. The van der Waals surface area contributed by atoms with E-state index in [1.807, 2.05) is 6.92 Å². The predicted octanol–water partition coefficient (Wildman–Crippen LogP) is 1.86. The molecule has 118 valence electrons. The van der Waals surface area contributed by atoms with Crippen molar-refractivity contribution in [3.63, 3.8) is 0 Å². The molecule has 0 radical (unpaired) electrons. The van der Waals surface area contributed by atoms with Crippen LogP contribution >= 0.6 is 11.3 Å². The van der Waals surface area contributed by atoms with Crippen LogP contribution in [0, 0.1) is 12.8 Å². The van der Waals surface area contributed by atoms with Gasteiger partial charge in [-0.1, -0.05) is 6.08 Å². The molecule has 2 amide bonds. The summed E-state index contributed by atoms with van der Waals surface area (Å²) in [6.07, 6.45) is 4.65. The van der Waals surface area contributed by atoms with Crippen LogP contribution in [0.15, 0.2) is 18.2 Å². The summed E-state index contributed by atoms with van der Waals surface area (Å²) in [6, 6.07) is 1.80. The summed E-state index contributed by atoms with van der Waals surface area (Å²) >= 11 is 1.25. The molecule has 1 aromatic rings. The highest BCUT2D eigenvalue weighted by Gasteiger charge is 2.30. The number of aryl methyl sites for hydroxylation is 1. The van der Waals surface area contributed by atoms with Crippen molar-refractivity contribution in [3.8, 4) is 0 Å². The van der Waals surface area contributed by atoms with Crippen molar-refractivity contribution in [1.29, 1.82) is 0 Å². The minimum Gasteiger partial charge on any atom is -0.466 e. The molecule has 6 nitrogen and oxygen atoms in total. The number of methoxy groups -OCH3 is 1. The summed E-state index contributed by atoms with van der Waals surface area (Å²) in [7, 11) is 1.29. The number of carbonyl (C=O) groups is 3. The van der Waals surface area contributed by atoms with Gasteiger partial charge < -0.3 is 15.4 Å². The molecule has 0 aromatic carbocycles. The Morgan fingerprint density at radius 2 is 2.14 bits per heavy atom. The smallest absolute Gasteiger partial charge is 0.330 e. The second-order valence-electron chi connectivity index (χ2n) is 5.02. The van der Waals surface area contributed by atoms with Gasteiger partial charge in [-0.25, -0.2) is 4.79 Å². The number of rotatable bonds is 6. The van der Waals surface area contributed by atoms with Crippen molar-refractivity contribution in [2.24, 2.45) is 5.92 Å². The molecule has 0 spiro atoms. The minimum absolute atomic E-state index is 0.0224. The number of anilines is 1. The quantitative estimate of drug-likeness (QED) is 0.618. The standard InChI is InChI=1S/C15H18N2O4S/c1-9-8-11(17-14(19)10-5-6-10)22-13(9)15(20)16-7-3-4-12(18)21-2/h3-4,8,10H,5-7H2,1-2H3,(H,16,20)(H,17,19)/b4-3+. The minimum atomic E-state index is -0.466. The van der Waals surface area contributed by atoms with Gasteiger partial charge in [0.05, 0.1) is 17.0 Å². The van der Waals surface area contributed by atoms with Gasteiger partial charge in [-0.3, -0.25) is 9.59 Å². The Bertz CT molecular complexity index is 617. The van der Waals surface area contributed by atoms with E-state index >= 15 is 0 Å². The largest absolute Gasteiger partial charge is 0.466 e. The fraction of sp³-hybridized carbons (Fsp3) is 0.400. The molecule has 1 aromatic heterocycles. The van der Waals surface area contributed by atoms with E-state index in [4.69, 9.17) is 0 Å². The zero-order chi connectivity index (χ0) is 16.1. The second kappa shape index (κ2) is 7.22. The number of thiophene rings is 1. The molecule has 2 rings (SSSR count). The summed E-state index contributed by atoms with van der Waals surface area (Å²) in [4.78, 5) is 35.2. The second-order valence-corrected chi connectivity index (χ2v) is 6.07. The highest BCUT2D eigenvalue weighted by Crippen LogP contribution is 2.32. The first-order chi connectivity index (χ1) is 10.5. The Labute approximate surface area is 132 Å². The van der Waals surface area contributed by atoms with Gasteiger partial charge in [0, 0.05) is 18.5 Å². The van der Waals surface area contributed by atoms with Crippen molar-refractivity contribution in [2.45, 2.75) is 19.8 Å². The van der Waals surface area contributed by atoms with E-state index in [-0.39, 0.29) is 24.3 Å². The molecule has 0 saturated heterocycles. The summed E-state index contributed by atoms with van der Waals surface area (Å²) in [5.41, 5.74) is 0.811. The molecule has 1 aliphatic rings. The summed E-state index contributed by atoms with van der Waals surface area (Å²) in [6.45, 7) is 2.05. The Balaban J connectivity index is 1.89. The maximum Gasteiger partial charge on any atom is 0.330 e. The molecule has 1 fully saturated rings. The van der Waals surface area contributed by atoms with E-state index in [1.54, 1.807) is 6.07 Å². The van der Waals surface area contributed by atoms with Crippen LogP contribution < -0.4 is 10.6 Å². The van der Waals surface area contributed by atoms with E-state index in [1.165, 1.54) is 30.6 Å². The van der Waals surface area contributed by atoms with Gasteiger partial charge in [0.25, 0.3) is 5.91 Å². The average Bonchev–Trinajstić information content (AvgIpc) is 3.27. The summed E-state index contributed by atoms with van der Waals surface area (Å²) in [5.74, 6) is -0.548. The maximum atomic E-state index is 12.1. The van der Waals surface area contributed by atoms with Gasteiger partial charge in [-0.05, 0) is 31.4 Å². The Morgan fingerprint density at radius 3 is 2.77 bits per heavy atom. The highest BCUT2D eigenvalue weighted by molar-refractivity contribution is 7.18. The van der Waals surface area contributed by atoms with E-state index in [2.05, 4.69) is 15.4 Å². The van der Waals surface area contributed by atoms with Crippen LogP contribution in [-0.4, -0.2) is 31.4 Å². The van der Waals surface area contributed by atoms with Gasteiger partial charge in [-0.2, -0.15) is 0 Å². The number of esters is 1. The predicted molar refractivity (Wildman–Crippen MR) is 83.9 cm³/mol. The van der Waals surface area contributed by atoms with Crippen LogP contribution in [0.25, 0.3) is 0 Å². The SMILES string of the molecule is COC(=O)/C=C/CNC(=O)c1sc(NC(=O)C2CC2)cc1C. The first-order valence-electron chi connectivity index (χ1n) is 6.95. The van der Waals surface area contributed by atoms with Crippen LogP contribution in [0.4, 0.5) is 5.00 Å². The Kier molecular flexibility index (Phi) is 5.32. The Morgan fingerprint density at radius 1 is 1.41 bits per heavy atom. The van der Waals surface area contributed by atoms with Gasteiger partial charge in [0.2, 0.25) is 5.91 Å². The maximum absolute atomic E-state index is 12.1. The van der Waals surface area contributed by atoms with E-state index in [0.29, 0.717) is 9.88 Å². The normalized spacial score (nSPS) is 13.9. The number of amides is 2. The van der Waals surface area contributed by atoms with E-state index < -0.39 is 5.97 Å². The fourth-order valence-corrected chi connectivity index (χ4v) is 2.79. The molecule has 1 saturated carbocycles. The molecule has 1 aliphatic carbocycles. The van der Waals surface area contributed by atoms with E-state index in [9.17, 15) is 14.4 Å². The van der Waals surface area contributed by atoms with Crippen molar-refractivity contribution in [1.82, 2.24) is 5.32 Å². The zero-order valence-corrected chi connectivity index (χ0v) is 13.3. The average molecular weight is 322 g/mol. The van der Waals surface area contributed by atoms with Crippen LogP contribution in [0.3, 0.4) is 0 Å². The molecule has 0 aliphatic heterocycles. The lowest BCUT2D eigenvalue weighted by Crippen LogP contribution is -2.23. The van der Waals surface area contributed by atoms with Gasteiger partial charge >= 0.3 is 5.97 Å². The lowest BCUT2D eigenvalue weighted by atomic mass is 10.2. The lowest BCUT2D eigenvalue weighted by Gasteiger charge is -2.01. The molecule has 0 unspecified atom stereocenters. The molecule has 7 heteroatoms. The Hall–Kier alpha value is -2.15. The lowest BCUT2D eigenvalue weighted by molar-refractivity contribution is -0.134. The topological polar surface area (TPSA) is 84.5 Å². The molecule has 2 N–H and O–H groups in total. The molecule has 1 heterocycles. The third-order valence-electron chi connectivity index (χ3n) is 3.15. The first kappa shape index (κ1) is 16.2. The van der Waals surface area contributed by atoms with Crippen molar-refractivity contribution in [2.75, 3.05) is 19.0 Å². The van der Waals surface area contributed by atoms with Crippen LogP contribution in [-0.2, 0) is 14.3 Å². The summed E-state index contributed by atoms with van der Waals surface area (Å²) < 4.78 is 4.45. The van der Waals surface area contributed by atoms with Gasteiger partial charge in [-0.15, -0.1) is 11.3 Å². The number of hydrogen-bond acceptors (Lipinski definition) is 5. The van der Waals surface area contributed by atoms with Crippen molar-refractivity contribution >= 4 is 34.1 Å². The molecular formula is C15H18N2O4S. The molecular weight excluding hydrogens is 304 g/mol. The van der Waals surface area contributed by atoms with Gasteiger partial charge in [0.15, 0.2) is 0 Å². The number of carbonyl (C=O) groups excluding carboxylic acids is 3. The first-order valence-corrected chi connectivity index (χ1v) is 7.77. The van der Waals surface area contributed by atoms with Crippen LogP contribution in [0.2, 0.25) is 0 Å². The number of hydrogen-bond donors (Lipinski definition) is 2. The zero-order valence-electron chi connectivity index (χ0n) is 12.5. The molecule has 0 bridgehead atoms. The fourth-order valence-electron chi connectivity index (χ4n) is 1.79. The van der Waals surface area contributed by atoms with Crippen LogP contribution in [0.5, 0.6) is 0 Å². The number of nitrogens with one attached hydrogen (secondary N) is 2. The number of ether oxygens (including phenoxy) is 1. The third-order valence-corrected chi connectivity index (χ3v) is 4.31.